The molecule has 3 aromatic rings. The van der Waals surface area contributed by atoms with Crippen LogP contribution in [0.1, 0.15) is 5.76 Å². The fraction of sp³-hybridized carbons (Fsp3) is 0.100. The van der Waals surface area contributed by atoms with Gasteiger partial charge in [-0.05, 0) is 12.1 Å². The Morgan fingerprint density at radius 2 is 2.47 bits per heavy atom. The number of aromatic nitrogens is 3. The van der Waals surface area contributed by atoms with Crippen LogP contribution in [0.3, 0.4) is 0 Å². The maximum Gasteiger partial charge on any atom is 0.270 e. The molecule has 0 bridgehead atoms. The highest BCUT2D eigenvalue weighted by atomic mass is 32.1. The van der Waals surface area contributed by atoms with Gasteiger partial charge in [-0.2, -0.15) is 4.98 Å². The van der Waals surface area contributed by atoms with Gasteiger partial charge in [0.25, 0.3) is 5.56 Å². The number of thiazole rings is 1. The average molecular weight is 248 g/mol. The molecule has 3 aromatic heterocycles. The number of nitrogens with zero attached hydrogens (tertiary/aromatic N) is 2. The molecule has 7 heteroatoms. The maximum absolute atomic E-state index is 11.5. The number of H-pyrrole nitrogens is 1. The van der Waals surface area contributed by atoms with Crippen molar-refractivity contribution in [1.82, 2.24) is 15.0 Å². The van der Waals surface area contributed by atoms with Gasteiger partial charge in [0.05, 0.1) is 19.1 Å². The van der Waals surface area contributed by atoms with Crippen LogP contribution < -0.4 is 10.9 Å². The highest BCUT2D eigenvalue weighted by molar-refractivity contribution is 7.22. The van der Waals surface area contributed by atoms with Gasteiger partial charge in [-0.25, -0.2) is 4.98 Å². The van der Waals surface area contributed by atoms with Gasteiger partial charge in [0.1, 0.15) is 10.5 Å². The predicted octanol–water partition coefficient (Wildman–Crippen LogP) is 1.58. The average Bonchev–Trinajstić information content (AvgIpc) is 2.95. The van der Waals surface area contributed by atoms with Crippen LogP contribution in [-0.4, -0.2) is 15.0 Å². The van der Waals surface area contributed by atoms with E-state index in [1.54, 1.807) is 6.26 Å². The molecular formula is C10H8N4O2S. The molecule has 86 valence electrons. The van der Waals surface area contributed by atoms with Crippen LogP contribution in [0.25, 0.3) is 10.3 Å². The standard InChI is InChI=1S/C10H8N4O2S/c15-9-7-8(12-5-13-9)14-10(17-7)11-4-6-2-1-3-16-6/h1-3,5H,4H2,(H2,11,12,13,14,15). The van der Waals surface area contributed by atoms with Crippen molar-refractivity contribution in [3.63, 3.8) is 0 Å². The molecule has 17 heavy (non-hydrogen) atoms. The minimum Gasteiger partial charge on any atom is -0.467 e. The quantitative estimate of drug-likeness (QED) is 0.735. The lowest BCUT2D eigenvalue weighted by molar-refractivity contribution is 0.518. The zero-order valence-electron chi connectivity index (χ0n) is 8.64. The number of aromatic amines is 1. The van der Waals surface area contributed by atoms with Crippen molar-refractivity contribution in [2.24, 2.45) is 0 Å². The first-order valence-corrected chi connectivity index (χ1v) is 5.75. The van der Waals surface area contributed by atoms with Crippen LogP contribution in [0, 0.1) is 0 Å². The zero-order chi connectivity index (χ0) is 11.7. The smallest absolute Gasteiger partial charge is 0.270 e. The molecule has 3 rings (SSSR count). The number of fused-ring (bicyclic) bond motifs is 1. The second-order valence-electron chi connectivity index (χ2n) is 3.34. The van der Waals surface area contributed by atoms with Crippen molar-refractivity contribution >= 4 is 26.8 Å². The van der Waals surface area contributed by atoms with Crippen molar-refractivity contribution in [3.05, 3.63) is 40.8 Å². The van der Waals surface area contributed by atoms with Gasteiger partial charge in [0.2, 0.25) is 0 Å². The molecule has 3 heterocycles. The first-order chi connectivity index (χ1) is 8.33. The number of furan rings is 1. The summed E-state index contributed by atoms with van der Waals surface area (Å²) >= 11 is 1.28. The molecular weight excluding hydrogens is 240 g/mol. The van der Waals surface area contributed by atoms with Crippen molar-refractivity contribution in [2.45, 2.75) is 6.54 Å². The second-order valence-corrected chi connectivity index (χ2v) is 4.34. The summed E-state index contributed by atoms with van der Waals surface area (Å²) in [5.74, 6) is 0.811. The van der Waals surface area contributed by atoms with E-state index < -0.39 is 0 Å². The van der Waals surface area contributed by atoms with Crippen molar-refractivity contribution in [3.8, 4) is 0 Å². The lowest BCUT2D eigenvalue weighted by Crippen LogP contribution is -2.03. The van der Waals surface area contributed by atoms with E-state index in [1.165, 1.54) is 17.7 Å². The third kappa shape index (κ3) is 1.92. The molecule has 0 radical (unpaired) electrons. The fourth-order valence-corrected chi connectivity index (χ4v) is 2.23. The number of rotatable bonds is 3. The lowest BCUT2D eigenvalue weighted by atomic mass is 10.4. The minimum absolute atomic E-state index is 0.168. The molecule has 6 nitrogen and oxygen atoms in total. The van der Waals surface area contributed by atoms with Gasteiger partial charge in [0.15, 0.2) is 10.8 Å². The van der Waals surface area contributed by atoms with Gasteiger partial charge in [0, 0.05) is 0 Å². The van der Waals surface area contributed by atoms with E-state index in [1.807, 2.05) is 12.1 Å². The fourth-order valence-electron chi connectivity index (χ4n) is 1.42. The summed E-state index contributed by atoms with van der Waals surface area (Å²) < 4.78 is 5.71. The monoisotopic (exact) mass is 248 g/mol. The maximum atomic E-state index is 11.5. The lowest BCUT2D eigenvalue weighted by Gasteiger charge is -1.97. The molecule has 0 saturated heterocycles. The largest absolute Gasteiger partial charge is 0.467 e. The van der Waals surface area contributed by atoms with E-state index in [2.05, 4.69) is 20.3 Å². The Balaban J connectivity index is 1.86. The summed E-state index contributed by atoms with van der Waals surface area (Å²) in [6.45, 7) is 0.532. The molecule has 0 aliphatic heterocycles. The minimum atomic E-state index is -0.168. The number of nitrogens with one attached hydrogen (secondary N) is 2. The van der Waals surface area contributed by atoms with Gasteiger partial charge in [-0.3, -0.25) is 4.79 Å². The van der Waals surface area contributed by atoms with Gasteiger partial charge in [-0.1, -0.05) is 11.3 Å². The number of anilines is 1. The Hall–Kier alpha value is -2.15. The van der Waals surface area contributed by atoms with Crippen molar-refractivity contribution in [1.29, 1.82) is 0 Å². The highest BCUT2D eigenvalue weighted by Gasteiger charge is 2.07. The van der Waals surface area contributed by atoms with Crippen LogP contribution in [0.15, 0.2) is 33.9 Å². The summed E-state index contributed by atoms with van der Waals surface area (Å²) in [6, 6.07) is 3.69. The summed E-state index contributed by atoms with van der Waals surface area (Å²) in [6.07, 6.45) is 2.96. The molecule has 0 fully saturated rings. The Morgan fingerprint density at radius 1 is 1.53 bits per heavy atom. The Morgan fingerprint density at radius 3 is 3.24 bits per heavy atom. The van der Waals surface area contributed by atoms with Crippen molar-refractivity contribution < 1.29 is 4.42 Å². The number of hydrogen-bond donors (Lipinski definition) is 2. The van der Waals surface area contributed by atoms with Gasteiger partial charge < -0.3 is 14.7 Å². The van der Waals surface area contributed by atoms with E-state index in [-0.39, 0.29) is 5.56 Å². The predicted molar refractivity (Wildman–Crippen MR) is 64.1 cm³/mol. The Kier molecular flexibility index (Phi) is 2.37. The van der Waals surface area contributed by atoms with Gasteiger partial charge in [-0.15, -0.1) is 0 Å². The molecule has 0 aliphatic rings. The molecule has 2 N–H and O–H groups in total. The molecule has 0 aromatic carbocycles. The first kappa shape index (κ1) is 10.0. The summed E-state index contributed by atoms with van der Waals surface area (Å²) in [7, 11) is 0. The van der Waals surface area contributed by atoms with Crippen molar-refractivity contribution in [2.75, 3.05) is 5.32 Å². The molecule has 0 unspecified atom stereocenters. The van der Waals surface area contributed by atoms with Crippen LogP contribution >= 0.6 is 11.3 Å². The van der Waals surface area contributed by atoms with Crippen LogP contribution in [-0.2, 0) is 6.54 Å². The Bertz CT molecular complexity index is 686. The highest BCUT2D eigenvalue weighted by Crippen LogP contribution is 2.21. The third-order valence-electron chi connectivity index (χ3n) is 2.19. The topological polar surface area (TPSA) is 83.8 Å². The summed E-state index contributed by atoms with van der Waals surface area (Å²) in [5.41, 5.74) is 0.291. The first-order valence-electron chi connectivity index (χ1n) is 4.93. The van der Waals surface area contributed by atoms with Crippen LogP contribution in [0.5, 0.6) is 0 Å². The normalized spacial score (nSPS) is 10.8. The van der Waals surface area contributed by atoms with E-state index in [9.17, 15) is 4.79 Å². The second kappa shape index (κ2) is 4.02. The van der Waals surface area contributed by atoms with Crippen LogP contribution in [0.4, 0.5) is 5.13 Å². The Labute approximate surface area is 99.3 Å². The molecule has 0 amide bonds. The zero-order valence-corrected chi connectivity index (χ0v) is 9.45. The molecule has 0 spiro atoms. The van der Waals surface area contributed by atoms with E-state index in [0.717, 1.165) is 5.76 Å². The SMILES string of the molecule is O=c1[nH]cnc2nc(NCc3ccco3)sc12. The van der Waals surface area contributed by atoms with E-state index in [4.69, 9.17) is 4.42 Å². The molecule has 0 aliphatic carbocycles. The number of hydrogen-bond acceptors (Lipinski definition) is 6. The summed E-state index contributed by atoms with van der Waals surface area (Å²) in [5, 5.41) is 3.74. The third-order valence-corrected chi connectivity index (χ3v) is 3.19. The molecule has 0 saturated carbocycles. The van der Waals surface area contributed by atoms with Crippen LogP contribution in [0.2, 0.25) is 0 Å². The van der Waals surface area contributed by atoms with Gasteiger partial charge >= 0.3 is 0 Å². The molecule has 0 atom stereocenters. The summed E-state index contributed by atoms with van der Waals surface area (Å²) in [4.78, 5) is 22.2. The van der Waals surface area contributed by atoms with E-state index in [0.29, 0.717) is 22.0 Å². The van der Waals surface area contributed by atoms with E-state index >= 15 is 0 Å².